The molecule has 2 aromatic rings. The maximum atomic E-state index is 14.3. The average molecular weight is 421 g/mol. The van der Waals surface area contributed by atoms with Crippen molar-refractivity contribution in [3.05, 3.63) is 58.1 Å². The van der Waals surface area contributed by atoms with Crippen molar-refractivity contribution in [3.63, 3.8) is 0 Å². The van der Waals surface area contributed by atoms with Gasteiger partial charge in [-0.25, -0.2) is 4.39 Å². The van der Waals surface area contributed by atoms with Gasteiger partial charge in [0.2, 0.25) is 0 Å². The molecule has 0 radical (unpaired) electrons. The summed E-state index contributed by atoms with van der Waals surface area (Å²) >= 11 is 5.88. The highest BCUT2D eigenvalue weighted by Gasteiger charge is 2.28. The van der Waals surface area contributed by atoms with Gasteiger partial charge in [0.25, 0.3) is 0 Å². The molecule has 1 aromatic carbocycles. The van der Waals surface area contributed by atoms with Crippen molar-refractivity contribution >= 4 is 11.6 Å². The Morgan fingerprint density at radius 1 is 1.24 bits per heavy atom. The van der Waals surface area contributed by atoms with Crippen molar-refractivity contribution in [3.8, 4) is 11.8 Å². The number of ether oxygens (including phenoxy) is 3. The Morgan fingerprint density at radius 3 is 2.62 bits per heavy atom. The molecule has 2 unspecified atom stereocenters. The van der Waals surface area contributed by atoms with Gasteiger partial charge in [0.15, 0.2) is 0 Å². The van der Waals surface area contributed by atoms with Crippen LogP contribution in [-0.2, 0) is 15.9 Å². The van der Waals surface area contributed by atoms with Crippen molar-refractivity contribution < 1.29 is 18.6 Å². The van der Waals surface area contributed by atoms with E-state index in [4.69, 9.17) is 25.8 Å². The maximum absolute atomic E-state index is 14.3. The molecule has 0 fully saturated rings. The number of nitrogens with zero attached hydrogens (tertiary/aromatic N) is 2. The minimum absolute atomic E-state index is 0.0661. The number of nitriles is 1. The number of benzene rings is 1. The molecule has 0 aliphatic carbocycles. The van der Waals surface area contributed by atoms with E-state index in [0.29, 0.717) is 29.2 Å². The van der Waals surface area contributed by atoms with Crippen LogP contribution in [0.4, 0.5) is 4.39 Å². The number of halogens is 2. The molecule has 0 saturated heterocycles. The van der Waals surface area contributed by atoms with Crippen molar-refractivity contribution in [1.82, 2.24) is 4.98 Å². The van der Waals surface area contributed by atoms with Crippen molar-refractivity contribution in [2.24, 2.45) is 11.8 Å². The van der Waals surface area contributed by atoms with Gasteiger partial charge >= 0.3 is 0 Å². The minimum atomic E-state index is -0.474. The number of methoxy groups -OCH3 is 2. The number of hydrogen-bond acceptors (Lipinski definition) is 5. The van der Waals surface area contributed by atoms with Crippen LogP contribution < -0.4 is 4.74 Å². The van der Waals surface area contributed by atoms with E-state index in [9.17, 15) is 9.65 Å². The third-order valence-electron chi connectivity index (χ3n) is 4.85. The maximum Gasteiger partial charge on any atom is 0.146 e. The Bertz CT molecular complexity index is 854. The summed E-state index contributed by atoms with van der Waals surface area (Å²) in [7, 11) is 3.10. The third-order valence-corrected chi connectivity index (χ3v) is 5.14. The molecule has 156 valence electrons. The molecule has 0 spiro atoms. The van der Waals surface area contributed by atoms with Crippen LogP contribution in [0.5, 0.6) is 5.75 Å². The highest BCUT2D eigenvalue weighted by Crippen LogP contribution is 2.33. The van der Waals surface area contributed by atoms with Gasteiger partial charge in [-0.05, 0) is 17.5 Å². The highest BCUT2D eigenvalue weighted by molar-refractivity contribution is 6.30. The van der Waals surface area contributed by atoms with Gasteiger partial charge in [0, 0.05) is 37.3 Å². The zero-order valence-corrected chi connectivity index (χ0v) is 17.9. The lowest BCUT2D eigenvalue weighted by Gasteiger charge is -2.25. The van der Waals surface area contributed by atoms with E-state index in [0.717, 1.165) is 0 Å². The second-order valence-corrected chi connectivity index (χ2v) is 7.51. The molecule has 0 aliphatic rings. The van der Waals surface area contributed by atoms with Gasteiger partial charge in [-0.1, -0.05) is 37.6 Å². The van der Waals surface area contributed by atoms with Crippen LogP contribution in [0.3, 0.4) is 0 Å². The van der Waals surface area contributed by atoms with Crippen molar-refractivity contribution in [2.45, 2.75) is 26.2 Å². The summed E-state index contributed by atoms with van der Waals surface area (Å²) in [5, 5.41) is 9.88. The fraction of sp³-hybridized carbons (Fsp3) is 0.455. The lowest BCUT2D eigenvalue weighted by atomic mass is 9.82. The summed E-state index contributed by atoms with van der Waals surface area (Å²) in [5.74, 6) is -0.244. The first-order chi connectivity index (χ1) is 13.9. The van der Waals surface area contributed by atoms with Crippen molar-refractivity contribution in [1.29, 1.82) is 5.26 Å². The van der Waals surface area contributed by atoms with E-state index in [2.05, 4.69) is 11.1 Å². The molecule has 0 amide bonds. The first-order valence-corrected chi connectivity index (χ1v) is 9.72. The Hall–Kier alpha value is -2.20. The van der Waals surface area contributed by atoms with Crippen LogP contribution in [0.25, 0.3) is 0 Å². The normalized spacial score (nSPS) is 13.2. The smallest absolute Gasteiger partial charge is 0.146 e. The molecule has 2 atom stereocenters. The summed E-state index contributed by atoms with van der Waals surface area (Å²) in [6, 6.07) is 8.98. The molecule has 0 N–H and O–H groups in total. The zero-order chi connectivity index (χ0) is 21.4. The van der Waals surface area contributed by atoms with Crippen LogP contribution in [0.15, 0.2) is 30.5 Å². The Morgan fingerprint density at radius 2 is 2.00 bits per heavy atom. The monoisotopic (exact) mass is 420 g/mol. The number of pyridine rings is 1. The quantitative estimate of drug-likeness (QED) is 0.401. The summed E-state index contributed by atoms with van der Waals surface area (Å²) in [6.07, 6.45) is 1.91. The lowest BCUT2D eigenvalue weighted by Crippen LogP contribution is -2.24. The largest absolute Gasteiger partial charge is 0.496 e. The highest BCUT2D eigenvalue weighted by atomic mass is 35.5. The van der Waals surface area contributed by atoms with Crippen LogP contribution >= 0.6 is 11.6 Å². The second kappa shape index (κ2) is 11.1. The SMILES string of the molecule is COCOCC(C(C)C)C(C#N)c1cc(OC)c(Cc2cccc(Cl)c2F)cn1. The van der Waals surface area contributed by atoms with E-state index in [1.165, 1.54) is 6.07 Å². The van der Waals surface area contributed by atoms with Crippen LogP contribution in [0, 0.1) is 29.0 Å². The zero-order valence-electron chi connectivity index (χ0n) is 17.1. The molecular formula is C22H26ClFN2O3. The fourth-order valence-electron chi connectivity index (χ4n) is 3.19. The molecule has 7 heteroatoms. The Labute approximate surface area is 176 Å². The molecule has 1 heterocycles. The third kappa shape index (κ3) is 5.89. The molecule has 0 bridgehead atoms. The van der Waals surface area contributed by atoms with Gasteiger partial charge in [-0.2, -0.15) is 5.26 Å². The predicted molar refractivity (Wildman–Crippen MR) is 110 cm³/mol. The molecule has 0 saturated carbocycles. The number of aromatic nitrogens is 1. The molecule has 1 aromatic heterocycles. The van der Waals surface area contributed by atoms with Gasteiger partial charge in [-0.3, -0.25) is 4.98 Å². The number of rotatable bonds is 10. The van der Waals surface area contributed by atoms with Crippen LogP contribution in [0.2, 0.25) is 5.02 Å². The predicted octanol–water partition coefficient (Wildman–Crippen LogP) is 4.97. The molecule has 0 aliphatic heterocycles. The Balaban J connectivity index is 2.31. The van der Waals surface area contributed by atoms with Gasteiger partial charge in [-0.15, -0.1) is 0 Å². The Kier molecular flexibility index (Phi) is 8.84. The lowest BCUT2D eigenvalue weighted by molar-refractivity contribution is -0.0500. The second-order valence-electron chi connectivity index (χ2n) is 7.10. The topological polar surface area (TPSA) is 64.4 Å². The first kappa shape index (κ1) is 23.1. The van der Waals surface area contributed by atoms with E-state index in [-0.39, 0.29) is 30.1 Å². The fourth-order valence-corrected chi connectivity index (χ4v) is 3.38. The molecule has 29 heavy (non-hydrogen) atoms. The van der Waals surface area contributed by atoms with E-state index < -0.39 is 11.7 Å². The summed E-state index contributed by atoms with van der Waals surface area (Å²) in [4.78, 5) is 4.49. The minimum Gasteiger partial charge on any atom is -0.496 e. The average Bonchev–Trinajstić information content (AvgIpc) is 2.71. The summed E-state index contributed by atoms with van der Waals surface area (Å²) < 4.78 is 30.2. The first-order valence-electron chi connectivity index (χ1n) is 9.34. The van der Waals surface area contributed by atoms with Crippen molar-refractivity contribution in [2.75, 3.05) is 27.6 Å². The van der Waals surface area contributed by atoms with E-state index in [1.807, 2.05) is 13.8 Å². The van der Waals surface area contributed by atoms with Crippen LogP contribution in [0.1, 0.15) is 36.6 Å². The molecule has 2 rings (SSSR count). The standard InChI is InChI=1S/C22H26ClFN2O3/c1-14(2)18(12-29-13-27-3)17(10-25)20-9-21(28-4)16(11-26-20)8-15-6-5-7-19(23)22(15)24/h5-7,9,11,14,17-18H,8,12-13H2,1-4H3. The summed E-state index contributed by atoms with van der Waals surface area (Å²) in [5.41, 5.74) is 1.76. The van der Waals surface area contributed by atoms with Gasteiger partial charge in [0.1, 0.15) is 18.4 Å². The molecular weight excluding hydrogens is 395 g/mol. The van der Waals surface area contributed by atoms with Gasteiger partial charge in [0.05, 0.1) is 36.4 Å². The number of hydrogen-bond donors (Lipinski definition) is 0. The van der Waals surface area contributed by atoms with Crippen LogP contribution in [-0.4, -0.2) is 32.6 Å². The van der Waals surface area contributed by atoms with E-state index >= 15 is 0 Å². The van der Waals surface area contributed by atoms with E-state index in [1.54, 1.807) is 38.6 Å². The summed E-state index contributed by atoms with van der Waals surface area (Å²) in [6.45, 7) is 4.63. The molecule has 5 nitrogen and oxygen atoms in total. The van der Waals surface area contributed by atoms with Gasteiger partial charge < -0.3 is 14.2 Å².